The molecule has 2 aromatic rings. The molecule has 3 aliphatic heterocycles. The average Bonchev–Trinajstić information content (AvgIpc) is 3.29. The van der Waals surface area contributed by atoms with Gasteiger partial charge in [-0.25, -0.2) is 4.79 Å². The molecule has 1 atom stereocenters. The molecule has 1 spiro atoms. The predicted octanol–water partition coefficient (Wildman–Crippen LogP) is 2.59. The van der Waals surface area contributed by atoms with Crippen LogP contribution >= 0.6 is 0 Å². The predicted molar refractivity (Wildman–Crippen MR) is 102 cm³/mol. The van der Waals surface area contributed by atoms with Crippen molar-refractivity contribution in [3.8, 4) is 6.07 Å². The van der Waals surface area contributed by atoms with E-state index in [-0.39, 0.29) is 23.6 Å². The van der Waals surface area contributed by atoms with Crippen LogP contribution in [0.15, 0.2) is 41.7 Å². The van der Waals surface area contributed by atoms with Crippen molar-refractivity contribution in [2.75, 3.05) is 17.2 Å². The van der Waals surface area contributed by atoms with E-state index in [0.717, 1.165) is 0 Å². The molecular weight excluding hydrogens is 356 g/mol. The molecule has 0 bridgehead atoms. The number of aromatic nitrogens is 1. The summed E-state index contributed by atoms with van der Waals surface area (Å²) in [7, 11) is 0. The normalized spacial score (nSPS) is 22.2. The number of rotatable bonds is 0. The lowest BCUT2D eigenvalue weighted by molar-refractivity contribution is -0.137. The summed E-state index contributed by atoms with van der Waals surface area (Å²) in [6.07, 6.45) is 1.75. The van der Waals surface area contributed by atoms with E-state index in [4.69, 9.17) is 4.74 Å². The third-order valence-corrected chi connectivity index (χ3v) is 5.64. The van der Waals surface area contributed by atoms with Crippen molar-refractivity contribution in [1.29, 1.82) is 5.26 Å². The van der Waals surface area contributed by atoms with Crippen LogP contribution in [0, 0.1) is 11.3 Å². The van der Waals surface area contributed by atoms with Crippen LogP contribution in [0.2, 0.25) is 0 Å². The second-order valence-corrected chi connectivity index (χ2v) is 8.22. The Labute approximate surface area is 161 Å². The fourth-order valence-corrected chi connectivity index (χ4v) is 4.53. The summed E-state index contributed by atoms with van der Waals surface area (Å²) in [6.45, 7) is 6.13. The maximum absolute atomic E-state index is 13.5. The third-order valence-electron chi connectivity index (χ3n) is 5.64. The van der Waals surface area contributed by atoms with E-state index < -0.39 is 11.4 Å². The lowest BCUT2D eigenvalue weighted by Gasteiger charge is -2.35. The Kier molecular flexibility index (Phi) is 3.00. The van der Waals surface area contributed by atoms with Gasteiger partial charge in [0, 0.05) is 28.6 Å². The molecule has 140 valence electrons. The Morgan fingerprint density at radius 2 is 1.96 bits per heavy atom. The first-order valence-electron chi connectivity index (χ1n) is 9.05. The fourth-order valence-electron chi connectivity index (χ4n) is 4.53. The van der Waals surface area contributed by atoms with E-state index in [0.29, 0.717) is 33.9 Å². The zero-order valence-corrected chi connectivity index (χ0v) is 15.7. The number of para-hydroxylation sites is 1. The van der Waals surface area contributed by atoms with E-state index in [1.807, 2.05) is 43.5 Å². The Bertz CT molecular complexity index is 1160. The van der Waals surface area contributed by atoms with Crippen LogP contribution in [0.4, 0.5) is 11.5 Å². The molecule has 4 heterocycles. The molecule has 0 radical (unpaired) electrons. The van der Waals surface area contributed by atoms with Gasteiger partial charge in [0.25, 0.3) is 0 Å². The van der Waals surface area contributed by atoms with E-state index in [1.165, 1.54) is 0 Å². The maximum atomic E-state index is 13.5. The number of anilines is 2. The quantitative estimate of drug-likeness (QED) is 0.691. The van der Waals surface area contributed by atoms with Gasteiger partial charge in [0.2, 0.25) is 5.91 Å². The number of cyclic esters (lactones) is 1. The smallest absolute Gasteiger partial charge is 0.338 e. The highest BCUT2D eigenvalue weighted by atomic mass is 16.5. The number of nitrogens with zero attached hydrogens (tertiary/aromatic N) is 2. The Morgan fingerprint density at radius 1 is 1.21 bits per heavy atom. The monoisotopic (exact) mass is 374 g/mol. The van der Waals surface area contributed by atoms with Crippen molar-refractivity contribution in [1.82, 2.24) is 4.57 Å². The number of ether oxygens (including phenoxy) is 1. The van der Waals surface area contributed by atoms with Crippen LogP contribution in [0.3, 0.4) is 0 Å². The highest BCUT2D eigenvalue weighted by Crippen LogP contribution is 2.56. The van der Waals surface area contributed by atoms with Gasteiger partial charge in [-0.2, -0.15) is 5.26 Å². The zero-order chi connectivity index (χ0) is 19.8. The Hall–Kier alpha value is -3.53. The number of carbonyl (C=O) groups is 2. The summed E-state index contributed by atoms with van der Waals surface area (Å²) in [5, 5.41) is 16.1. The molecule has 0 fully saturated rings. The summed E-state index contributed by atoms with van der Waals surface area (Å²) in [5.74, 6) is -0.230. The third kappa shape index (κ3) is 1.77. The van der Waals surface area contributed by atoms with Gasteiger partial charge in [-0.05, 0) is 26.8 Å². The number of fused-ring (bicyclic) bond motifs is 5. The Balaban J connectivity index is 1.96. The van der Waals surface area contributed by atoms with Gasteiger partial charge < -0.3 is 19.9 Å². The van der Waals surface area contributed by atoms with Crippen LogP contribution in [-0.2, 0) is 25.3 Å². The van der Waals surface area contributed by atoms with E-state index in [9.17, 15) is 14.9 Å². The molecule has 1 amide bonds. The average molecular weight is 374 g/mol. The molecule has 28 heavy (non-hydrogen) atoms. The van der Waals surface area contributed by atoms with Crippen molar-refractivity contribution in [3.05, 3.63) is 58.4 Å². The van der Waals surface area contributed by atoms with Gasteiger partial charge in [0.15, 0.2) is 0 Å². The maximum Gasteiger partial charge on any atom is 0.338 e. The number of esters is 1. The van der Waals surface area contributed by atoms with E-state index in [1.54, 1.807) is 12.3 Å². The summed E-state index contributed by atoms with van der Waals surface area (Å²) in [4.78, 5) is 26.2. The summed E-state index contributed by atoms with van der Waals surface area (Å²) < 4.78 is 7.25. The highest BCUT2D eigenvalue weighted by molar-refractivity contribution is 6.19. The van der Waals surface area contributed by atoms with Gasteiger partial charge in [-0.3, -0.25) is 4.79 Å². The van der Waals surface area contributed by atoms with Crippen LogP contribution in [-0.4, -0.2) is 23.1 Å². The number of carbonyl (C=O) groups excluding carboxylic acids is 2. The summed E-state index contributed by atoms with van der Waals surface area (Å²) >= 11 is 0. The molecule has 7 heteroatoms. The molecule has 0 saturated carbocycles. The van der Waals surface area contributed by atoms with Crippen LogP contribution in [0.5, 0.6) is 0 Å². The van der Waals surface area contributed by atoms with Gasteiger partial charge in [0.05, 0.1) is 16.8 Å². The topological polar surface area (TPSA) is 96.2 Å². The number of nitrogens with one attached hydrogen (secondary N) is 2. The number of amides is 1. The number of hydrogen-bond acceptors (Lipinski definition) is 5. The molecule has 5 rings (SSSR count). The van der Waals surface area contributed by atoms with Crippen molar-refractivity contribution < 1.29 is 14.3 Å². The lowest BCUT2D eigenvalue weighted by Crippen LogP contribution is -2.44. The van der Waals surface area contributed by atoms with Gasteiger partial charge >= 0.3 is 5.97 Å². The Morgan fingerprint density at radius 3 is 2.68 bits per heavy atom. The first-order valence-corrected chi connectivity index (χ1v) is 9.05. The molecule has 2 N–H and O–H groups in total. The SMILES string of the molecule is CC(C)(C)n1cc(C#N)c2c1NC1=C(C(=O)OC1)[C@@]21C(=O)Nc2ccccc21. The standard InChI is InChI=1S/C21H18N4O3/c1-20(2,3)25-9-11(8-22)15-17(25)23-14-10-28-18(26)16(14)21(15)12-6-4-5-7-13(12)24-19(21)27/h4-7,9,23H,10H2,1-3H3,(H,24,27)/t21-/m0/s1. The van der Waals surface area contributed by atoms with Gasteiger partial charge in [0.1, 0.15) is 23.9 Å². The van der Waals surface area contributed by atoms with E-state index in [2.05, 4.69) is 16.7 Å². The van der Waals surface area contributed by atoms with Crippen molar-refractivity contribution in [2.45, 2.75) is 31.7 Å². The highest BCUT2D eigenvalue weighted by Gasteiger charge is 2.61. The fraction of sp³-hybridized carbons (Fsp3) is 0.286. The molecule has 1 aromatic heterocycles. The molecular formula is C21H18N4O3. The van der Waals surface area contributed by atoms with Crippen LogP contribution in [0.1, 0.15) is 37.5 Å². The van der Waals surface area contributed by atoms with Crippen LogP contribution in [0.25, 0.3) is 0 Å². The number of benzene rings is 1. The molecule has 1 aromatic carbocycles. The summed E-state index contributed by atoms with van der Waals surface area (Å²) in [6, 6.07) is 9.52. The number of nitriles is 1. The minimum absolute atomic E-state index is 0.0714. The van der Waals surface area contributed by atoms with Crippen molar-refractivity contribution >= 4 is 23.4 Å². The minimum Gasteiger partial charge on any atom is -0.456 e. The van der Waals surface area contributed by atoms with Crippen molar-refractivity contribution in [3.63, 3.8) is 0 Å². The van der Waals surface area contributed by atoms with Crippen molar-refractivity contribution in [2.24, 2.45) is 0 Å². The minimum atomic E-state index is -1.40. The largest absolute Gasteiger partial charge is 0.456 e. The van der Waals surface area contributed by atoms with E-state index >= 15 is 0 Å². The van der Waals surface area contributed by atoms with Crippen LogP contribution < -0.4 is 10.6 Å². The number of hydrogen-bond donors (Lipinski definition) is 2. The molecule has 0 saturated heterocycles. The lowest BCUT2D eigenvalue weighted by atomic mass is 9.67. The second-order valence-electron chi connectivity index (χ2n) is 8.22. The second kappa shape index (κ2) is 5.04. The van der Waals surface area contributed by atoms with Gasteiger partial charge in [-0.1, -0.05) is 18.2 Å². The molecule has 7 nitrogen and oxygen atoms in total. The zero-order valence-electron chi connectivity index (χ0n) is 15.7. The molecule has 3 aliphatic rings. The van der Waals surface area contributed by atoms with Gasteiger partial charge in [-0.15, -0.1) is 0 Å². The first kappa shape index (κ1) is 16.6. The summed E-state index contributed by atoms with van der Waals surface area (Å²) in [5.41, 5.74) is 1.26. The molecule has 0 aliphatic carbocycles. The molecule has 0 unspecified atom stereocenters. The first-order chi connectivity index (χ1) is 13.3.